The van der Waals surface area contributed by atoms with Crippen LogP contribution in [0.4, 0.5) is 10.1 Å². The molecule has 0 bridgehead atoms. The lowest BCUT2D eigenvalue weighted by molar-refractivity contribution is -0.132. The fraction of sp³-hybridized carbons (Fsp3) is 0.421. The molecule has 158 valence electrons. The topological polar surface area (TPSA) is 119 Å². The van der Waals surface area contributed by atoms with Crippen molar-refractivity contribution in [1.29, 1.82) is 0 Å². The molecule has 1 aromatic carbocycles. The van der Waals surface area contributed by atoms with Crippen molar-refractivity contribution in [3.63, 3.8) is 0 Å². The molecule has 0 aromatic heterocycles. The molecule has 0 saturated carbocycles. The van der Waals surface area contributed by atoms with Gasteiger partial charge in [0.15, 0.2) is 0 Å². The second-order valence-corrected chi connectivity index (χ2v) is 5.97. The average molecular weight is 419 g/mol. The molecule has 0 aliphatic heterocycles. The van der Waals surface area contributed by atoms with E-state index in [1.807, 2.05) is 0 Å². The van der Waals surface area contributed by atoms with Crippen LogP contribution in [-0.2, 0) is 19.1 Å². The molecule has 0 heterocycles. The predicted octanol–water partition coefficient (Wildman–Crippen LogP) is 3.20. The molecule has 0 fully saturated rings. The first kappa shape index (κ1) is 27.8. The monoisotopic (exact) mass is 418 g/mol. The lowest BCUT2D eigenvalue weighted by atomic mass is 10.3. The molecule has 2 rings (SSSR count). The Morgan fingerprint density at radius 1 is 1.29 bits per heavy atom. The fourth-order valence-corrected chi connectivity index (χ4v) is 1.91. The second kappa shape index (κ2) is 17.9. The molecule has 0 atom stereocenters. The summed E-state index contributed by atoms with van der Waals surface area (Å²) in [7, 11) is 1.00. The summed E-state index contributed by atoms with van der Waals surface area (Å²) in [6, 6.07) is 3.56. The van der Waals surface area contributed by atoms with E-state index >= 15 is 0 Å². The third-order valence-corrected chi connectivity index (χ3v) is 2.94. The number of amides is 2. The van der Waals surface area contributed by atoms with E-state index in [2.05, 4.69) is 22.2 Å². The maximum atomic E-state index is 12.8. The fourth-order valence-electron chi connectivity index (χ4n) is 1.69. The number of nitrogens with two attached hydrogens (primary N) is 1. The van der Waals surface area contributed by atoms with E-state index in [1.54, 1.807) is 13.8 Å². The molecule has 9 heteroatoms. The molecule has 28 heavy (non-hydrogen) atoms. The number of ether oxygens (including phenoxy) is 1. The number of benzene rings is 1. The molecule has 7 nitrogen and oxygen atoms in total. The van der Waals surface area contributed by atoms with E-state index < -0.39 is 24.1 Å². The predicted molar refractivity (Wildman–Crippen MR) is 107 cm³/mol. The van der Waals surface area contributed by atoms with Crippen LogP contribution in [-0.4, -0.2) is 36.6 Å². The molecule has 0 spiro atoms. The molecule has 0 radical (unpaired) electrons. The van der Waals surface area contributed by atoms with Gasteiger partial charge in [-0.25, -0.2) is 4.39 Å². The Balaban J connectivity index is 0. The maximum Gasteiger partial charge on any atom is 0.293 e. The first-order valence-electron chi connectivity index (χ1n) is 8.47. The smallest absolute Gasteiger partial charge is 0.293 e. The zero-order chi connectivity index (χ0) is 21.9. The van der Waals surface area contributed by atoms with E-state index in [0.29, 0.717) is 6.47 Å². The number of hydrogen-bond acceptors (Lipinski definition) is 5. The van der Waals surface area contributed by atoms with Crippen LogP contribution in [0.2, 0.25) is 5.02 Å². The number of halogens is 2. The van der Waals surface area contributed by atoms with Gasteiger partial charge < -0.3 is 20.9 Å². The van der Waals surface area contributed by atoms with Gasteiger partial charge >= 0.3 is 0 Å². The van der Waals surface area contributed by atoms with Crippen molar-refractivity contribution in [1.82, 2.24) is 0 Å². The highest BCUT2D eigenvalue weighted by atomic mass is 35.5. The van der Waals surface area contributed by atoms with Gasteiger partial charge in [0.05, 0.1) is 6.10 Å². The summed E-state index contributed by atoms with van der Waals surface area (Å²) in [5.41, 5.74) is 4.99. The number of allylic oxidation sites excluding steroid dienone is 2. The maximum absolute atomic E-state index is 12.8. The summed E-state index contributed by atoms with van der Waals surface area (Å²) in [5, 5.41) is 9.45. The van der Waals surface area contributed by atoms with E-state index in [0.717, 1.165) is 19.2 Å². The summed E-state index contributed by atoms with van der Waals surface area (Å²) in [4.78, 5) is 30.9. The van der Waals surface area contributed by atoms with E-state index in [4.69, 9.17) is 22.4 Å². The van der Waals surface area contributed by atoms with Gasteiger partial charge in [0.2, 0.25) is 11.8 Å². The highest BCUT2D eigenvalue weighted by Gasteiger charge is 2.07. The standard InChI is InChI=1S/C9H8ClFN2O2.C5H8.C4H8O2.CH4O/c10-5-1-6(11)3-7(2-5)13-9(15)4-8(12)14;1-2-4-5-3-1;1-4(2)6-3-5;1-2/h1-3H,4H2,(H2,12,14)(H,13,15);1-2H,3-5H2;3-4H,1-2H3;2H,1H3. The number of hydrogen-bond donors (Lipinski definition) is 3. The van der Waals surface area contributed by atoms with Gasteiger partial charge in [-0.1, -0.05) is 23.8 Å². The van der Waals surface area contributed by atoms with Gasteiger partial charge in [-0.05, 0) is 51.3 Å². The van der Waals surface area contributed by atoms with Gasteiger partial charge in [-0.2, -0.15) is 0 Å². The summed E-state index contributed by atoms with van der Waals surface area (Å²) >= 11 is 5.56. The van der Waals surface area contributed by atoms with Crippen molar-refractivity contribution < 1.29 is 28.6 Å². The number of nitrogens with one attached hydrogen (secondary N) is 1. The van der Waals surface area contributed by atoms with Gasteiger partial charge in [-0.15, -0.1) is 0 Å². The van der Waals surface area contributed by atoms with Crippen LogP contribution in [0.5, 0.6) is 0 Å². The lowest BCUT2D eigenvalue weighted by Crippen LogP contribution is -2.21. The Labute approximate surface area is 169 Å². The minimum atomic E-state index is -0.755. The van der Waals surface area contributed by atoms with Crippen LogP contribution in [0.15, 0.2) is 30.4 Å². The first-order valence-corrected chi connectivity index (χ1v) is 8.85. The minimum absolute atomic E-state index is 0.0301. The lowest BCUT2D eigenvalue weighted by Gasteiger charge is -2.04. The van der Waals surface area contributed by atoms with Crippen molar-refractivity contribution >= 4 is 35.6 Å². The number of carbonyl (C=O) groups excluding carboxylic acids is 3. The minimum Gasteiger partial charge on any atom is -0.465 e. The van der Waals surface area contributed by atoms with Crippen LogP contribution >= 0.6 is 11.6 Å². The number of aliphatic hydroxyl groups is 1. The Kier molecular flexibility index (Phi) is 17.8. The van der Waals surface area contributed by atoms with Crippen molar-refractivity contribution in [2.75, 3.05) is 12.4 Å². The largest absolute Gasteiger partial charge is 0.465 e. The Morgan fingerprint density at radius 3 is 2.18 bits per heavy atom. The summed E-state index contributed by atoms with van der Waals surface area (Å²) < 4.78 is 17.2. The third-order valence-electron chi connectivity index (χ3n) is 2.72. The van der Waals surface area contributed by atoms with Crippen LogP contribution in [0.3, 0.4) is 0 Å². The number of rotatable bonds is 5. The van der Waals surface area contributed by atoms with Crippen molar-refractivity contribution in [3.8, 4) is 0 Å². The van der Waals surface area contributed by atoms with E-state index in [-0.39, 0.29) is 16.8 Å². The molecule has 2 amide bonds. The molecule has 1 aliphatic carbocycles. The zero-order valence-corrected chi connectivity index (χ0v) is 17.0. The Morgan fingerprint density at radius 2 is 1.86 bits per heavy atom. The van der Waals surface area contributed by atoms with Gasteiger partial charge in [0, 0.05) is 17.8 Å². The normalized spacial score (nSPS) is 11.0. The van der Waals surface area contributed by atoms with Gasteiger partial charge in [0.1, 0.15) is 12.2 Å². The molecular weight excluding hydrogens is 391 g/mol. The van der Waals surface area contributed by atoms with Crippen LogP contribution in [0, 0.1) is 5.82 Å². The van der Waals surface area contributed by atoms with Gasteiger partial charge in [-0.3, -0.25) is 14.4 Å². The SMILES string of the molecule is C1=CCCC1.CC(C)OC=O.CO.NC(=O)CC(=O)Nc1cc(F)cc(Cl)c1. The third kappa shape index (κ3) is 18.3. The molecule has 1 aliphatic rings. The van der Waals surface area contributed by atoms with Crippen LogP contribution in [0.1, 0.15) is 39.5 Å². The van der Waals surface area contributed by atoms with Crippen LogP contribution in [0.25, 0.3) is 0 Å². The summed E-state index contributed by atoms with van der Waals surface area (Å²) in [6.45, 7) is 4.05. The van der Waals surface area contributed by atoms with E-state index in [1.165, 1.54) is 25.3 Å². The number of anilines is 1. The van der Waals surface area contributed by atoms with E-state index in [9.17, 15) is 18.8 Å². The van der Waals surface area contributed by atoms with Crippen molar-refractivity contribution in [3.05, 3.63) is 41.2 Å². The molecular formula is C19H28ClFN2O5. The van der Waals surface area contributed by atoms with Crippen molar-refractivity contribution in [2.45, 2.75) is 45.6 Å². The average Bonchev–Trinajstić information content (AvgIpc) is 3.15. The highest BCUT2D eigenvalue weighted by molar-refractivity contribution is 6.30. The van der Waals surface area contributed by atoms with Crippen LogP contribution < -0.4 is 11.1 Å². The zero-order valence-electron chi connectivity index (χ0n) is 16.3. The highest BCUT2D eigenvalue weighted by Crippen LogP contribution is 2.18. The Bertz CT molecular complexity index is 598. The summed E-state index contributed by atoms with van der Waals surface area (Å²) in [5.74, 6) is -1.93. The number of aliphatic hydroxyl groups excluding tert-OH is 1. The number of carbonyl (C=O) groups is 3. The number of primary amides is 1. The quantitative estimate of drug-likeness (QED) is 0.385. The Hall–Kier alpha value is -2.45. The summed E-state index contributed by atoms with van der Waals surface area (Å²) in [6.07, 6.45) is 8.08. The van der Waals surface area contributed by atoms with Crippen molar-refractivity contribution in [2.24, 2.45) is 5.73 Å². The molecule has 0 saturated heterocycles. The molecule has 1 aromatic rings. The van der Waals surface area contributed by atoms with Gasteiger partial charge in [0.25, 0.3) is 6.47 Å². The second-order valence-electron chi connectivity index (χ2n) is 5.53. The molecule has 4 N–H and O–H groups in total. The molecule has 0 unspecified atom stereocenters. The first-order chi connectivity index (χ1) is 13.2.